The first-order valence-electron chi connectivity index (χ1n) is 5.58. The Kier molecular flexibility index (Phi) is 4.22. The maximum Gasteiger partial charge on any atom is 0.573 e. The summed E-state index contributed by atoms with van der Waals surface area (Å²) in [4.78, 5) is 0. The Balaban J connectivity index is 2.36. The van der Waals surface area contributed by atoms with Crippen molar-refractivity contribution in [2.24, 2.45) is 0 Å². The van der Waals surface area contributed by atoms with E-state index in [4.69, 9.17) is 0 Å². The lowest BCUT2D eigenvalue weighted by atomic mass is 10.0. The van der Waals surface area contributed by atoms with Crippen LogP contribution < -0.4 is 4.74 Å². The maximum absolute atomic E-state index is 13.5. The van der Waals surface area contributed by atoms with Gasteiger partial charge in [0.15, 0.2) is 0 Å². The molecule has 20 heavy (non-hydrogen) atoms. The van der Waals surface area contributed by atoms with Crippen molar-refractivity contribution in [3.05, 3.63) is 51.3 Å². The van der Waals surface area contributed by atoms with Crippen LogP contribution >= 0.6 is 22.6 Å². The van der Waals surface area contributed by atoms with Crippen molar-refractivity contribution in [1.82, 2.24) is 0 Å². The van der Waals surface area contributed by atoms with Gasteiger partial charge < -0.3 is 4.74 Å². The molecule has 0 aliphatic heterocycles. The molecule has 1 nitrogen and oxygen atoms in total. The van der Waals surface area contributed by atoms with E-state index < -0.39 is 6.36 Å². The fourth-order valence-electron chi connectivity index (χ4n) is 1.69. The predicted octanol–water partition coefficient (Wildman–Crippen LogP) is 5.30. The Morgan fingerprint density at radius 2 is 1.75 bits per heavy atom. The largest absolute Gasteiger partial charge is 0.573 e. The zero-order chi connectivity index (χ0) is 14.9. The predicted molar refractivity (Wildman–Crippen MR) is 76.0 cm³/mol. The summed E-state index contributed by atoms with van der Waals surface area (Å²) in [6.07, 6.45) is -4.72. The second kappa shape index (κ2) is 5.59. The monoisotopic (exact) mass is 396 g/mol. The highest BCUT2D eigenvalue weighted by atomic mass is 127. The van der Waals surface area contributed by atoms with Crippen LogP contribution in [0.3, 0.4) is 0 Å². The molecule has 6 heteroatoms. The molecule has 0 fully saturated rings. The first-order chi connectivity index (χ1) is 9.26. The average Bonchev–Trinajstić information content (AvgIpc) is 2.31. The van der Waals surface area contributed by atoms with Gasteiger partial charge in [0.25, 0.3) is 0 Å². The lowest BCUT2D eigenvalue weighted by Gasteiger charge is -2.11. The summed E-state index contributed by atoms with van der Waals surface area (Å²) in [5.74, 6) is -0.646. The van der Waals surface area contributed by atoms with Gasteiger partial charge in [-0.15, -0.1) is 13.2 Å². The van der Waals surface area contributed by atoms with Crippen LogP contribution in [0.2, 0.25) is 0 Å². The summed E-state index contributed by atoms with van der Waals surface area (Å²) in [7, 11) is 0. The highest BCUT2D eigenvalue weighted by molar-refractivity contribution is 14.1. The fraction of sp³-hybridized carbons (Fsp3) is 0.143. The van der Waals surface area contributed by atoms with Gasteiger partial charge in [0.2, 0.25) is 0 Å². The van der Waals surface area contributed by atoms with E-state index in [2.05, 4.69) is 4.74 Å². The highest BCUT2D eigenvalue weighted by Crippen LogP contribution is 2.31. The summed E-state index contributed by atoms with van der Waals surface area (Å²) in [6.45, 7) is 1.64. The lowest BCUT2D eigenvalue weighted by molar-refractivity contribution is -0.274. The summed E-state index contributed by atoms with van der Waals surface area (Å²) in [6, 6.07) is 8.66. The molecule has 0 bridgehead atoms. The van der Waals surface area contributed by atoms with E-state index in [0.717, 1.165) is 0 Å². The molecule has 2 aromatic carbocycles. The quantitative estimate of drug-likeness (QED) is 0.494. The zero-order valence-electron chi connectivity index (χ0n) is 10.3. The normalized spacial score (nSPS) is 11.5. The van der Waals surface area contributed by atoms with Gasteiger partial charge >= 0.3 is 6.36 Å². The number of benzene rings is 2. The number of rotatable bonds is 2. The summed E-state index contributed by atoms with van der Waals surface area (Å²) < 4.78 is 54.3. The lowest BCUT2D eigenvalue weighted by Crippen LogP contribution is -2.17. The van der Waals surface area contributed by atoms with E-state index in [1.165, 1.54) is 24.3 Å². The Hall–Kier alpha value is -1.31. The number of hydrogen-bond donors (Lipinski definition) is 0. The molecule has 0 aliphatic carbocycles. The van der Waals surface area contributed by atoms with E-state index in [0.29, 0.717) is 20.3 Å². The summed E-state index contributed by atoms with van der Waals surface area (Å²) >= 11 is 1.89. The maximum atomic E-state index is 13.5. The fourth-order valence-corrected chi connectivity index (χ4v) is 2.49. The van der Waals surface area contributed by atoms with Gasteiger partial charge in [0.1, 0.15) is 11.6 Å². The third-order valence-electron chi connectivity index (χ3n) is 2.66. The van der Waals surface area contributed by atoms with Crippen molar-refractivity contribution in [1.29, 1.82) is 0 Å². The molecule has 0 N–H and O–H groups in total. The third-order valence-corrected chi connectivity index (χ3v) is 3.55. The highest BCUT2D eigenvalue weighted by Gasteiger charge is 2.31. The number of ether oxygens (including phenoxy) is 1. The van der Waals surface area contributed by atoms with Crippen molar-refractivity contribution in [2.75, 3.05) is 0 Å². The Morgan fingerprint density at radius 1 is 1.05 bits per heavy atom. The van der Waals surface area contributed by atoms with Gasteiger partial charge in [-0.1, -0.05) is 12.1 Å². The van der Waals surface area contributed by atoms with Gasteiger partial charge in [-0.2, -0.15) is 0 Å². The van der Waals surface area contributed by atoms with E-state index >= 15 is 0 Å². The van der Waals surface area contributed by atoms with Crippen molar-refractivity contribution >= 4 is 22.6 Å². The molecule has 0 heterocycles. The average molecular weight is 396 g/mol. The minimum absolute atomic E-state index is 0.293. The van der Waals surface area contributed by atoms with Crippen LogP contribution in [0.4, 0.5) is 17.6 Å². The van der Waals surface area contributed by atoms with Crippen LogP contribution in [0.25, 0.3) is 11.1 Å². The van der Waals surface area contributed by atoms with Gasteiger partial charge in [-0.05, 0) is 70.5 Å². The van der Waals surface area contributed by atoms with E-state index in [1.807, 2.05) is 22.6 Å². The molecule has 106 valence electrons. The van der Waals surface area contributed by atoms with Gasteiger partial charge in [-0.3, -0.25) is 0 Å². The first-order valence-corrected chi connectivity index (χ1v) is 6.66. The number of alkyl halides is 3. The molecular weight excluding hydrogens is 387 g/mol. The number of hydrogen-bond acceptors (Lipinski definition) is 1. The SMILES string of the molecule is Cc1ccc(-c2ccc(OC(F)(F)F)cc2I)cc1F. The molecule has 0 unspecified atom stereocenters. The smallest absolute Gasteiger partial charge is 0.406 e. The van der Waals surface area contributed by atoms with Gasteiger partial charge in [0.05, 0.1) is 0 Å². The van der Waals surface area contributed by atoms with Crippen LogP contribution in [-0.2, 0) is 0 Å². The van der Waals surface area contributed by atoms with Crippen LogP contribution in [0, 0.1) is 16.3 Å². The molecular formula is C14H9F4IO. The Labute approximate surface area is 126 Å². The van der Waals surface area contributed by atoms with Gasteiger partial charge in [-0.25, -0.2) is 4.39 Å². The van der Waals surface area contributed by atoms with Crippen LogP contribution in [0.5, 0.6) is 5.75 Å². The van der Waals surface area contributed by atoms with Crippen molar-refractivity contribution in [3.8, 4) is 16.9 Å². The molecule has 0 aliphatic rings. The molecule has 0 atom stereocenters. The van der Waals surface area contributed by atoms with E-state index in [9.17, 15) is 17.6 Å². The second-order valence-electron chi connectivity index (χ2n) is 4.15. The first kappa shape index (κ1) is 15.1. The van der Waals surface area contributed by atoms with Gasteiger partial charge in [0, 0.05) is 3.57 Å². The second-order valence-corrected chi connectivity index (χ2v) is 5.32. The minimum atomic E-state index is -4.72. The van der Waals surface area contributed by atoms with E-state index in [1.54, 1.807) is 19.1 Å². The third kappa shape index (κ3) is 3.62. The summed E-state index contributed by atoms with van der Waals surface area (Å²) in [5, 5.41) is 0. The van der Waals surface area contributed by atoms with E-state index in [-0.39, 0.29) is 11.6 Å². The zero-order valence-corrected chi connectivity index (χ0v) is 12.4. The number of aryl methyl sites for hydroxylation is 1. The molecule has 2 rings (SSSR count). The standard InChI is InChI=1S/C14H9F4IO/c1-8-2-3-9(6-12(8)15)11-5-4-10(7-13(11)19)20-14(16,17)18/h2-7H,1H3. The molecule has 0 saturated heterocycles. The molecule has 0 amide bonds. The molecule has 0 aromatic heterocycles. The van der Waals surface area contributed by atoms with Crippen LogP contribution in [0.15, 0.2) is 36.4 Å². The molecule has 0 radical (unpaired) electrons. The molecule has 0 spiro atoms. The summed E-state index contributed by atoms with van der Waals surface area (Å²) in [5.41, 5.74) is 1.77. The Morgan fingerprint density at radius 3 is 2.30 bits per heavy atom. The Bertz CT molecular complexity index is 638. The van der Waals surface area contributed by atoms with Crippen LogP contribution in [-0.4, -0.2) is 6.36 Å². The topological polar surface area (TPSA) is 9.23 Å². The minimum Gasteiger partial charge on any atom is -0.406 e. The van der Waals surface area contributed by atoms with Crippen molar-refractivity contribution in [3.63, 3.8) is 0 Å². The molecule has 0 saturated carbocycles. The molecule has 2 aromatic rings. The van der Waals surface area contributed by atoms with Crippen LogP contribution in [0.1, 0.15) is 5.56 Å². The van der Waals surface area contributed by atoms with Crippen molar-refractivity contribution < 1.29 is 22.3 Å². The number of halogens is 5. The van der Waals surface area contributed by atoms with Crippen molar-refractivity contribution in [2.45, 2.75) is 13.3 Å².